The second-order valence-electron chi connectivity index (χ2n) is 14.8. The lowest BCUT2D eigenvalue weighted by atomic mass is 9.51. The van der Waals surface area contributed by atoms with Crippen molar-refractivity contribution in [1.29, 1.82) is 0 Å². The standard InChI is InChI=1S/C40H39ClN4O8S/c1-20-26-17-22(41)8-13-30(26)54-35(20)29-19-31(43(3)42-29)45-37(50)28-18-27-24(11-12-25-33(27)38(51)44(36(25)49)14-4-5-32(47)48)34(40(28,2)39(45)52)21-6-9-23(10-7-21)53-16-15-46/h6-11,13,17,19,25,27-28,33-34,46H,4-5,12,14-16,18H2,1-3H3,(H,47,48)/t25-,27+,28-,33-,34-,40+/m0/s1. The van der Waals surface area contributed by atoms with Gasteiger partial charge in [-0.1, -0.05) is 35.4 Å². The molecule has 0 spiro atoms. The smallest absolute Gasteiger partial charge is 0.303 e. The number of imide groups is 2. The lowest BCUT2D eigenvalue weighted by Crippen LogP contribution is -2.48. The predicted octanol–water partition coefficient (Wildman–Crippen LogP) is 5.73. The van der Waals surface area contributed by atoms with Gasteiger partial charge in [-0.15, -0.1) is 11.3 Å². The fourth-order valence-electron chi connectivity index (χ4n) is 9.42. The highest BCUT2D eigenvalue weighted by Crippen LogP contribution is 2.63. The van der Waals surface area contributed by atoms with Gasteiger partial charge in [0.05, 0.1) is 34.7 Å². The number of amides is 4. The average Bonchev–Trinajstić information content (AvgIpc) is 3.81. The molecule has 2 aromatic carbocycles. The van der Waals surface area contributed by atoms with Gasteiger partial charge in [-0.3, -0.25) is 33.6 Å². The van der Waals surface area contributed by atoms with Crippen LogP contribution in [-0.2, 0) is 31.0 Å². The number of anilines is 1. The minimum absolute atomic E-state index is 0.0131. The van der Waals surface area contributed by atoms with Crippen molar-refractivity contribution in [2.24, 2.45) is 36.1 Å². The molecule has 4 aliphatic rings. The van der Waals surface area contributed by atoms with Crippen LogP contribution in [0.4, 0.5) is 5.82 Å². The maximum absolute atomic E-state index is 15.0. The number of fused-ring (bicyclic) bond motifs is 5. The van der Waals surface area contributed by atoms with E-state index >= 15 is 4.79 Å². The normalized spacial score (nSPS) is 26.3. The predicted molar refractivity (Wildman–Crippen MR) is 201 cm³/mol. The van der Waals surface area contributed by atoms with Crippen molar-refractivity contribution in [3.8, 4) is 16.3 Å². The number of hydrogen-bond acceptors (Lipinski definition) is 9. The summed E-state index contributed by atoms with van der Waals surface area (Å²) in [5, 5.41) is 24.9. The molecule has 54 heavy (non-hydrogen) atoms. The highest BCUT2D eigenvalue weighted by atomic mass is 35.5. The molecular weight excluding hydrogens is 732 g/mol. The van der Waals surface area contributed by atoms with E-state index < -0.39 is 41.0 Å². The van der Waals surface area contributed by atoms with Gasteiger partial charge in [0.2, 0.25) is 23.6 Å². The van der Waals surface area contributed by atoms with Crippen LogP contribution in [-0.4, -0.2) is 74.2 Å². The number of benzene rings is 2. The molecule has 6 atom stereocenters. The van der Waals surface area contributed by atoms with Crippen molar-refractivity contribution in [2.45, 2.75) is 45.4 Å². The van der Waals surface area contributed by atoms with Gasteiger partial charge in [-0.05, 0) is 85.9 Å². The van der Waals surface area contributed by atoms with Gasteiger partial charge < -0.3 is 14.9 Å². The maximum atomic E-state index is 15.0. The second-order valence-corrected chi connectivity index (χ2v) is 16.3. The van der Waals surface area contributed by atoms with Crippen LogP contribution < -0.4 is 9.64 Å². The number of carboxylic acids is 1. The summed E-state index contributed by atoms with van der Waals surface area (Å²) in [4.78, 5) is 72.1. The van der Waals surface area contributed by atoms with Crippen molar-refractivity contribution in [1.82, 2.24) is 14.7 Å². The van der Waals surface area contributed by atoms with Crippen LogP contribution in [0.25, 0.3) is 20.7 Å². The number of aromatic nitrogens is 2. The Balaban J connectivity index is 1.20. The van der Waals surface area contributed by atoms with Gasteiger partial charge in [-0.25, -0.2) is 4.90 Å². The number of thiophene rings is 1. The number of hydrogen-bond donors (Lipinski definition) is 2. The van der Waals surface area contributed by atoms with Gasteiger partial charge in [-0.2, -0.15) is 5.10 Å². The van der Waals surface area contributed by atoms with E-state index in [1.54, 1.807) is 41.3 Å². The maximum Gasteiger partial charge on any atom is 0.303 e. The van der Waals surface area contributed by atoms with Crippen LogP contribution in [0, 0.1) is 36.0 Å². The molecule has 0 bridgehead atoms. The minimum atomic E-state index is -1.25. The fraction of sp³-hybridized carbons (Fsp3) is 0.400. The highest BCUT2D eigenvalue weighted by Gasteiger charge is 2.68. The summed E-state index contributed by atoms with van der Waals surface area (Å²) >= 11 is 7.86. The van der Waals surface area contributed by atoms with Crippen molar-refractivity contribution < 1.29 is 38.9 Å². The van der Waals surface area contributed by atoms with E-state index in [4.69, 9.17) is 21.4 Å². The second kappa shape index (κ2) is 13.5. The zero-order valence-corrected chi connectivity index (χ0v) is 31.5. The molecule has 2 aromatic heterocycles. The number of aliphatic hydroxyl groups is 1. The molecule has 0 unspecified atom stereocenters. The lowest BCUT2D eigenvalue weighted by Gasteiger charge is -2.49. The Morgan fingerprint density at radius 2 is 1.81 bits per heavy atom. The summed E-state index contributed by atoms with van der Waals surface area (Å²) in [5.41, 5.74) is 1.97. The topological polar surface area (TPSA) is 159 Å². The van der Waals surface area contributed by atoms with Crippen LogP contribution in [0.5, 0.6) is 5.75 Å². The van der Waals surface area contributed by atoms with Gasteiger partial charge >= 0.3 is 5.97 Å². The Labute approximate surface area is 319 Å². The van der Waals surface area contributed by atoms with E-state index in [0.717, 1.165) is 31.7 Å². The molecule has 12 nitrogen and oxygen atoms in total. The van der Waals surface area contributed by atoms with Crippen LogP contribution >= 0.6 is 22.9 Å². The number of carbonyl (C=O) groups is 5. The molecule has 2 aliphatic heterocycles. The largest absolute Gasteiger partial charge is 0.491 e. The SMILES string of the molecule is Cc1c(-c2cc(N3C(=O)[C@@H]4C[C@@H]5C(=CC[C@@H]6C(=O)N(CCCC(=O)O)C(=O)[C@@H]65)[C@H](c5ccc(OCCO)cc5)[C@]4(C)C3=O)n(C)n2)sc2ccc(Cl)cc12. The molecule has 0 radical (unpaired) electrons. The molecule has 2 N–H and O–H groups in total. The first-order valence-electron chi connectivity index (χ1n) is 18.1. The van der Waals surface area contributed by atoms with E-state index in [0.29, 0.717) is 28.7 Å². The van der Waals surface area contributed by atoms with Crippen molar-refractivity contribution in [3.63, 3.8) is 0 Å². The molecular formula is C40H39ClN4O8S. The number of aliphatic carboxylic acids is 1. The third-order valence-corrected chi connectivity index (χ3v) is 13.5. The number of allylic oxidation sites excluding steroid dienone is 2. The van der Waals surface area contributed by atoms with Crippen LogP contribution in [0.1, 0.15) is 49.7 Å². The molecule has 1 saturated carbocycles. The first-order valence-corrected chi connectivity index (χ1v) is 19.3. The zero-order chi connectivity index (χ0) is 38.2. The Morgan fingerprint density at radius 1 is 1.06 bits per heavy atom. The van der Waals surface area contributed by atoms with Crippen molar-refractivity contribution in [3.05, 3.63) is 76.3 Å². The first-order chi connectivity index (χ1) is 25.8. The van der Waals surface area contributed by atoms with Crippen LogP contribution in [0.2, 0.25) is 5.02 Å². The van der Waals surface area contributed by atoms with Crippen molar-refractivity contribution in [2.75, 3.05) is 24.7 Å². The van der Waals surface area contributed by atoms with Gasteiger partial charge in [0.15, 0.2) is 0 Å². The Hall–Kier alpha value is -4.85. The summed E-state index contributed by atoms with van der Waals surface area (Å²) < 4.78 is 8.22. The van der Waals surface area contributed by atoms with E-state index in [1.165, 1.54) is 9.80 Å². The first kappa shape index (κ1) is 36.1. The minimum Gasteiger partial charge on any atom is -0.491 e. The van der Waals surface area contributed by atoms with Crippen LogP contribution in [0.3, 0.4) is 0 Å². The Morgan fingerprint density at radius 3 is 2.54 bits per heavy atom. The van der Waals surface area contributed by atoms with E-state index in [2.05, 4.69) is 0 Å². The summed E-state index contributed by atoms with van der Waals surface area (Å²) in [6, 6.07) is 14.7. The van der Waals surface area contributed by atoms with E-state index in [1.807, 2.05) is 50.3 Å². The third-order valence-electron chi connectivity index (χ3n) is 11.9. The molecule has 2 aliphatic carbocycles. The zero-order valence-electron chi connectivity index (χ0n) is 30.0. The monoisotopic (exact) mass is 770 g/mol. The number of aliphatic hydroxyl groups excluding tert-OH is 1. The van der Waals surface area contributed by atoms with Gasteiger partial charge in [0, 0.05) is 41.7 Å². The molecule has 4 heterocycles. The molecule has 4 amide bonds. The number of likely N-dealkylation sites (tertiary alicyclic amines) is 1. The average molecular weight is 771 g/mol. The molecule has 280 valence electrons. The molecule has 4 aromatic rings. The number of rotatable bonds is 10. The number of ether oxygens (including phenoxy) is 1. The van der Waals surface area contributed by atoms with E-state index in [9.17, 15) is 29.4 Å². The molecule has 14 heteroatoms. The fourth-order valence-corrected chi connectivity index (χ4v) is 10.7. The summed E-state index contributed by atoms with van der Waals surface area (Å²) in [7, 11) is 1.71. The number of aryl methyl sites for hydroxylation is 2. The summed E-state index contributed by atoms with van der Waals surface area (Å²) in [6.45, 7) is 3.80. The number of carboxylic acid groups (broad SMARTS) is 1. The highest BCUT2D eigenvalue weighted by molar-refractivity contribution is 7.22. The van der Waals surface area contributed by atoms with Gasteiger partial charge in [0.25, 0.3) is 0 Å². The number of halogens is 1. The Bertz CT molecular complexity index is 2280. The summed E-state index contributed by atoms with van der Waals surface area (Å²) in [6.07, 6.45) is 2.45. The van der Waals surface area contributed by atoms with E-state index in [-0.39, 0.29) is 62.6 Å². The van der Waals surface area contributed by atoms with Crippen molar-refractivity contribution >= 4 is 68.4 Å². The van der Waals surface area contributed by atoms with Gasteiger partial charge in [0.1, 0.15) is 23.9 Å². The Kier molecular flexibility index (Phi) is 9.01. The molecule has 3 fully saturated rings. The molecule has 2 saturated heterocycles. The van der Waals surface area contributed by atoms with Crippen LogP contribution in [0.15, 0.2) is 60.2 Å². The number of nitrogens with zero attached hydrogens (tertiary/aromatic N) is 4. The number of carbonyl (C=O) groups excluding carboxylic acids is 4. The summed E-state index contributed by atoms with van der Waals surface area (Å²) in [5.74, 6) is -4.86. The quantitative estimate of drug-likeness (QED) is 0.152. The lowest BCUT2D eigenvalue weighted by molar-refractivity contribution is -0.142. The third kappa shape index (κ3) is 5.50. The molecule has 8 rings (SSSR count).